The highest BCUT2D eigenvalue weighted by molar-refractivity contribution is 5.94. The van der Waals surface area contributed by atoms with Crippen molar-refractivity contribution >= 4 is 17.7 Å². The molecule has 1 aromatic rings. The van der Waals surface area contributed by atoms with Crippen molar-refractivity contribution in [3.8, 4) is 0 Å². The smallest absolute Gasteiger partial charge is 0.410 e. The van der Waals surface area contributed by atoms with Crippen LogP contribution in [0.1, 0.15) is 51.4 Å². The fourth-order valence-corrected chi connectivity index (χ4v) is 3.31. The SMILES string of the molecule is CC(C)CC1CN(c2ccccc2C(=O)O)CCN1C(=O)OC(C)(C)C. The highest BCUT2D eigenvalue weighted by Gasteiger charge is 2.34. The van der Waals surface area contributed by atoms with E-state index in [0.717, 1.165) is 6.42 Å². The second-order valence-corrected chi connectivity index (χ2v) is 8.23. The quantitative estimate of drug-likeness (QED) is 0.881. The normalized spacial score (nSPS) is 18.2. The lowest BCUT2D eigenvalue weighted by Gasteiger charge is -2.43. The van der Waals surface area contributed by atoms with Crippen molar-refractivity contribution in [1.82, 2.24) is 4.90 Å². The Bertz CT molecular complexity index is 651. The van der Waals surface area contributed by atoms with E-state index in [2.05, 4.69) is 18.7 Å². The summed E-state index contributed by atoms with van der Waals surface area (Å²) < 4.78 is 5.57. The van der Waals surface area contributed by atoms with Gasteiger partial charge in [-0.3, -0.25) is 0 Å². The molecule has 1 saturated heterocycles. The highest BCUT2D eigenvalue weighted by atomic mass is 16.6. The average molecular weight is 362 g/mol. The molecule has 0 aliphatic carbocycles. The summed E-state index contributed by atoms with van der Waals surface area (Å²) in [6, 6.07) is 7.02. The Labute approximate surface area is 155 Å². The number of anilines is 1. The number of ether oxygens (including phenoxy) is 1. The van der Waals surface area contributed by atoms with Crippen LogP contribution in [-0.2, 0) is 4.74 Å². The molecule has 6 heteroatoms. The van der Waals surface area contributed by atoms with Gasteiger partial charge >= 0.3 is 12.1 Å². The minimum Gasteiger partial charge on any atom is -0.478 e. The Morgan fingerprint density at radius 3 is 2.46 bits per heavy atom. The Kier molecular flexibility index (Phi) is 6.16. The van der Waals surface area contributed by atoms with E-state index < -0.39 is 11.6 Å². The summed E-state index contributed by atoms with van der Waals surface area (Å²) in [5.41, 5.74) is 0.464. The molecule has 1 atom stereocenters. The Balaban J connectivity index is 2.22. The van der Waals surface area contributed by atoms with Crippen LogP contribution in [0.5, 0.6) is 0 Å². The van der Waals surface area contributed by atoms with Gasteiger partial charge in [0.05, 0.1) is 17.3 Å². The van der Waals surface area contributed by atoms with E-state index in [4.69, 9.17) is 4.74 Å². The lowest BCUT2D eigenvalue weighted by atomic mass is 9.99. The molecule has 1 N–H and O–H groups in total. The molecule has 1 heterocycles. The molecule has 6 nitrogen and oxygen atoms in total. The van der Waals surface area contributed by atoms with Gasteiger partial charge in [0.2, 0.25) is 0 Å². The predicted octanol–water partition coefficient (Wildman–Crippen LogP) is 3.86. The lowest BCUT2D eigenvalue weighted by Crippen LogP contribution is -2.56. The first-order chi connectivity index (χ1) is 12.1. The summed E-state index contributed by atoms with van der Waals surface area (Å²) in [5.74, 6) is -0.518. The van der Waals surface area contributed by atoms with Gasteiger partial charge in [0, 0.05) is 19.6 Å². The lowest BCUT2D eigenvalue weighted by molar-refractivity contribution is 0.0119. The van der Waals surface area contributed by atoms with Crippen molar-refractivity contribution < 1.29 is 19.4 Å². The van der Waals surface area contributed by atoms with Crippen LogP contribution in [0.3, 0.4) is 0 Å². The molecular formula is C20H30N2O4. The van der Waals surface area contributed by atoms with E-state index in [1.54, 1.807) is 17.0 Å². The average Bonchev–Trinajstić information content (AvgIpc) is 2.52. The first kappa shape index (κ1) is 20.1. The number of amides is 1. The van der Waals surface area contributed by atoms with Crippen LogP contribution in [0, 0.1) is 5.92 Å². The van der Waals surface area contributed by atoms with E-state index in [9.17, 15) is 14.7 Å². The van der Waals surface area contributed by atoms with Gasteiger partial charge in [0.1, 0.15) is 5.60 Å². The molecule has 0 saturated carbocycles. The maximum atomic E-state index is 12.6. The summed E-state index contributed by atoms with van der Waals surface area (Å²) in [6.45, 7) is 11.5. The minimum atomic E-state index is -0.935. The third-order valence-corrected chi connectivity index (χ3v) is 4.33. The number of para-hydroxylation sites is 1. The van der Waals surface area contributed by atoms with Crippen molar-refractivity contribution in [3.05, 3.63) is 29.8 Å². The molecule has 26 heavy (non-hydrogen) atoms. The van der Waals surface area contributed by atoms with Crippen LogP contribution in [0.25, 0.3) is 0 Å². The first-order valence-corrected chi connectivity index (χ1v) is 9.15. The molecule has 1 aliphatic rings. The molecule has 0 spiro atoms. The maximum Gasteiger partial charge on any atom is 0.410 e. The number of carbonyl (C=O) groups excluding carboxylic acids is 1. The van der Waals surface area contributed by atoms with Crippen LogP contribution in [0.4, 0.5) is 10.5 Å². The number of nitrogens with zero attached hydrogens (tertiary/aromatic N) is 2. The summed E-state index contributed by atoms with van der Waals surface area (Å²) in [4.78, 5) is 28.0. The second-order valence-electron chi connectivity index (χ2n) is 8.23. The van der Waals surface area contributed by atoms with Crippen molar-refractivity contribution in [2.45, 2.75) is 52.7 Å². The second kappa shape index (κ2) is 7.98. The minimum absolute atomic E-state index is 0.0135. The number of carboxylic acid groups (broad SMARTS) is 1. The van der Waals surface area contributed by atoms with Gasteiger partial charge in [0.25, 0.3) is 0 Å². The molecular weight excluding hydrogens is 332 g/mol. The van der Waals surface area contributed by atoms with Crippen LogP contribution in [-0.4, -0.2) is 53.3 Å². The number of benzene rings is 1. The van der Waals surface area contributed by atoms with Crippen molar-refractivity contribution in [2.24, 2.45) is 5.92 Å². The zero-order chi connectivity index (χ0) is 19.5. The van der Waals surface area contributed by atoms with Gasteiger partial charge in [-0.15, -0.1) is 0 Å². The molecule has 1 aliphatic heterocycles. The molecule has 144 valence electrons. The third-order valence-electron chi connectivity index (χ3n) is 4.33. The monoisotopic (exact) mass is 362 g/mol. The summed E-state index contributed by atoms with van der Waals surface area (Å²) >= 11 is 0. The van der Waals surface area contributed by atoms with Gasteiger partial charge in [-0.25, -0.2) is 9.59 Å². The third kappa shape index (κ3) is 5.13. The number of hydrogen-bond acceptors (Lipinski definition) is 4. The number of rotatable bonds is 4. The fourth-order valence-electron chi connectivity index (χ4n) is 3.31. The molecule has 0 radical (unpaired) electrons. The van der Waals surface area contributed by atoms with Gasteiger partial charge in [-0.2, -0.15) is 0 Å². The Morgan fingerprint density at radius 2 is 1.88 bits per heavy atom. The van der Waals surface area contributed by atoms with E-state index in [1.165, 1.54) is 0 Å². The molecule has 2 rings (SSSR count). The van der Waals surface area contributed by atoms with Crippen LogP contribution in [0.15, 0.2) is 24.3 Å². The molecule has 1 fully saturated rings. The molecule has 1 aromatic carbocycles. The van der Waals surface area contributed by atoms with E-state index in [0.29, 0.717) is 36.8 Å². The van der Waals surface area contributed by atoms with E-state index in [1.807, 2.05) is 32.9 Å². The Morgan fingerprint density at radius 1 is 1.23 bits per heavy atom. The zero-order valence-corrected chi connectivity index (χ0v) is 16.4. The summed E-state index contributed by atoms with van der Waals surface area (Å²) in [6.07, 6.45) is 0.541. The van der Waals surface area contributed by atoms with E-state index in [-0.39, 0.29) is 12.1 Å². The summed E-state index contributed by atoms with van der Waals surface area (Å²) in [5, 5.41) is 9.46. The maximum absolute atomic E-state index is 12.6. The molecule has 0 bridgehead atoms. The molecule has 1 unspecified atom stereocenters. The van der Waals surface area contributed by atoms with Crippen molar-refractivity contribution in [2.75, 3.05) is 24.5 Å². The van der Waals surface area contributed by atoms with Crippen molar-refractivity contribution in [3.63, 3.8) is 0 Å². The van der Waals surface area contributed by atoms with Gasteiger partial charge in [0.15, 0.2) is 0 Å². The number of carbonyl (C=O) groups is 2. The summed E-state index contributed by atoms with van der Waals surface area (Å²) in [7, 11) is 0. The predicted molar refractivity (Wildman–Crippen MR) is 102 cm³/mol. The largest absolute Gasteiger partial charge is 0.478 e. The number of carboxylic acids is 1. The van der Waals surface area contributed by atoms with Gasteiger partial charge < -0.3 is 19.6 Å². The highest BCUT2D eigenvalue weighted by Crippen LogP contribution is 2.27. The molecule has 0 aromatic heterocycles. The van der Waals surface area contributed by atoms with Crippen LogP contribution in [0.2, 0.25) is 0 Å². The van der Waals surface area contributed by atoms with Gasteiger partial charge in [-0.1, -0.05) is 26.0 Å². The van der Waals surface area contributed by atoms with Crippen LogP contribution < -0.4 is 4.90 Å². The molecule has 1 amide bonds. The van der Waals surface area contributed by atoms with Crippen molar-refractivity contribution in [1.29, 1.82) is 0 Å². The standard InChI is InChI=1S/C20H30N2O4/c1-14(2)12-15-13-21(17-9-7-6-8-16(17)18(23)24)10-11-22(15)19(25)26-20(3,4)5/h6-9,14-15H,10-13H2,1-5H3,(H,23,24). The van der Waals surface area contributed by atoms with Crippen LogP contribution >= 0.6 is 0 Å². The topological polar surface area (TPSA) is 70.1 Å². The Hall–Kier alpha value is -2.24. The first-order valence-electron chi connectivity index (χ1n) is 9.15. The number of hydrogen-bond donors (Lipinski definition) is 1. The number of piperazine rings is 1. The fraction of sp³-hybridized carbons (Fsp3) is 0.600. The number of aromatic carboxylic acids is 1. The van der Waals surface area contributed by atoms with E-state index >= 15 is 0 Å². The van der Waals surface area contributed by atoms with Gasteiger partial charge in [-0.05, 0) is 45.2 Å². The zero-order valence-electron chi connectivity index (χ0n) is 16.4.